The summed E-state index contributed by atoms with van der Waals surface area (Å²) in [5.41, 5.74) is 7.05. The molecule has 0 saturated heterocycles. The van der Waals surface area contributed by atoms with Gasteiger partial charge >= 0.3 is 0 Å². The molecule has 0 fully saturated rings. The van der Waals surface area contributed by atoms with Gasteiger partial charge in [0.05, 0.1) is 6.04 Å². The van der Waals surface area contributed by atoms with Crippen LogP contribution in [0.3, 0.4) is 0 Å². The topological polar surface area (TPSA) is 24.1 Å². The molecule has 0 aliphatic rings. The van der Waals surface area contributed by atoms with E-state index in [9.17, 15) is 0 Å². The Morgan fingerprint density at radius 2 is 1.63 bits per heavy atom. The Morgan fingerprint density at radius 3 is 2.30 bits per heavy atom. The summed E-state index contributed by atoms with van der Waals surface area (Å²) in [6.07, 6.45) is 0. The van der Waals surface area contributed by atoms with Gasteiger partial charge in [0.25, 0.3) is 0 Å². The molecule has 3 aromatic rings. The van der Waals surface area contributed by atoms with Crippen molar-refractivity contribution in [1.29, 1.82) is 0 Å². The molecule has 0 amide bonds. The Hall–Kier alpha value is -2.17. The molecule has 0 spiro atoms. The summed E-state index contributed by atoms with van der Waals surface area (Å²) < 4.78 is 1.09. The van der Waals surface area contributed by atoms with Crippen molar-refractivity contribution in [3.8, 4) is 0 Å². The van der Waals surface area contributed by atoms with Crippen LogP contribution in [0.2, 0.25) is 0 Å². The van der Waals surface area contributed by atoms with Crippen molar-refractivity contribution < 1.29 is 0 Å². The number of benzene rings is 3. The third kappa shape index (κ3) is 4.96. The predicted octanol–water partition coefficient (Wildman–Crippen LogP) is 6.45. The van der Waals surface area contributed by atoms with Crippen LogP contribution in [0, 0.1) is 20.8 Å². The second-order valence-corrected chi connectivity index (χ2v) is 8.03. The first-order chi connectivity index (χ1) is 12.9. The molecule has 0 bridgehead atoms. The van der Waals surface area contributed by atoms with E-state index >= 15 is 0 Å². The molecule has 0 aliphatic carbocycles. The molecular weight excluding hydrogens is 416 g/mol. The number of anilines is 1. The lowest BCUT2D eigenvalue weighted by Crippen LogP contribution is -2.33. The van der Waals surface area contributed by atoms with E-state index in [0.29, 0.717) is 5.11 Å². The molecule has 0 aliphatic heterocycles. The molecule has 1 atom stereocenters. The standard InChI is InChI=1S/C23H23BrN2S/c1-15-9-11-20(16(2)13-15)22(18-7-5-4-6-8-18)26-23(27)25-19-10-12-21(24)17(3)14-19/h4-14,22H,1-3H3,(H2,25,26,27)/t22-/m0/s1. The molecule has 138 valence electrons. The monoisotopic (exact) mass is 438 g/mol. The molecule has 0 heterocycles. The normalized spacial score (nSPS) is 11.7. The van der Waals surface area contributed by atoms with Crippen LogP contribution in [0.4, 0.5) is 5.69 Å². The smallest absolute Gasteiger partial charge is 0.171 e. The minimum Gasteiger partial charge on any atom is -0.352 e. The van der Waals surface area contributed by atoms with E-state index in [1.54, 1.807) is 0 Å². The number of aryl methyl sites for hydroxylation is 3. The fourth-order valence-corrected chi connectivity index (χ4v) is 3.64. The van der Waals surface area contributed by atoms with E-state index in [4.69, 9.17) is 12.2 Å². The molecule has 4 heteroatoms. The van der Waals surface area contributed by atoms with E-state index in [1.807, 2.05) is 18.2 Å². The van der Waals surface area contributed by atoms with Crippen LogP contribution in [0.15, 0.2) is 71.2 Å². The van der Waals surface area contributed by atoms with Crippen molar-refractivity contribution in [3.05, 3.63) is 99.0 Å². The van der Waals surface area contributed by atoms with Crippen LogP contribution in [-0.4, -0.2) is 5.11 Å². The van der Waals surface area contributed by atoms with Gasteiger partial charge in [0.15, 0.2) is 5.11 Å². The van der Waals surface area contributed by atoms with Gasteiger partial charge in [-0.25, -0.2) is 0 Å². The Morgan fingerprint density at radius 1 is 0.889 bits per heavy atom. The first-order valence-electron chi connectivity index (χ1n) is 8.90. The SMILES string of the molecule is Cc1ccc([C@@H](NC(=S)Nc2ccc(Br)c(C)c2)c2ccccc2)c(C)c1. The number of halogens is 1. The highest BCUT2D eigenvalue weighted by Crippen LogP contribution is 2.26. The fourth-order valence-electron chi connectivity index (χ4n) is 3.16. The largest absolute Gasteiger partial charge is 0.352 e. The zero-order chi connectivity index (χ0) is 19.4. The number of hydrogen-bond acceptors (Lipinski definition) is 1. The van der Waals surface area contributed by atoms with Crippen LogP contribution in [0.1, 0.15) is 33.9 Å². The van der Waals surface area contributed by atoms with Crippen LogP contribution in [0.25, 0.3) is 0 Å². The lowest BCUT2D eigenvalue weighted by Gasteiger charge is -2.24. The van der Waals surface area contributed by atoms with Crippen molar-refractivity contribution in [2.75, 3.05) is 5.32 Å². The van der Waals surface area contributed by atoms with Gasteiger partial charge in [0, 0.05) is 10.2 Å². The predicted molar refractivity (Wildman–Crippen MR) is 122 cm³/mol. The van der Waals surface area contributed by atoms with Gasteiger partial charge in [-0.05, 0) is 73.4 Å². The summed E-state index contributed by atoms with van der Waals surface area (Å²) >= 11 is 9.16. The Kier molecular flexibility index (Phi) is 6.30. The summed E-state index contributed by atoms with van der Waals surface area (Å²) in [4.78, 5) is 0. The van der Waals surface area contributed by atoms with Gasteiger partial charge < -0.3 is 10.6 Å². The Bertz CT molecular complexity index is 954. The summed E-state index contributed by atoms with van der Waals surface area (Å²) in [5.74, 6) is 0. The Labute approximate surface area is 175 Å². The fraction of sp³-hybridized carbons (Fsp3) is 0.174. The summed E-state index contributed by atoms with van der Waals surface area (Å²) in [6, 6.07) is 23.0. The number of thiocarbonyl (C=S) groups is 1. The maximum absolute atomic E-state index is 5.62. The summed E-state index contributed by atoms with van der Waals surface area (Å²) in [7, 11) is 0. The number of rotatable bonds is 4. The van der Waals surface area contributed by atoms with E-state index < -0.39 is 0 Å². The van der Waals surface area contributed by atoms with Crippen molar-refractivity contribution in [2.45, 2.75) is 26.8 Å². The van der Waals surface area contributed by atoms with Crippen LogP contribution < -0.4 is 10.6 Å². The number of nitrogens with one attached hydrogen (secondary N) is 2. The second kappa shape index (κ2) is 8.68. The first kappa shape index (κ1) is 19.6. The molecule has 3 rings (SSSR count). The van der Waals surface area contributed by atoms with Crippen molar-refractivity contribution in [1.82, 2.24) is 5.32 Å². The molecular formula is C23H23BrN2S. The minimum absolute atomic E-state index is 0.0108. The highest BCUT2D eigenvalue weighted by molar-refractivity contribution is 9.10. The minimum atomic E-state index is -0.0108. The average molecular weight is 439 g/mol. The molecule has 0 saturated carbocycles. The average Bonchev–Trinajstić information content (AvgIpc) is 2.64. The number of hydrogen-bond donors (Lipinski definition) is 2. The second-order valence-electron chi connectivity index (χ2n) is 6.77. The van der Waals surface area contributed by atoms with Gasteiger partial charge in [-0.2, -0.15) is 0 Å². The molecule has 3 aromatic carbocycles. The third-order valence-corrected chi connectivity index (χ3v) is 5.67. The van der Waals surface area contributed by atoms with E-state index in [1.165, 1.54) is 22.3 Å². The van der Waals surface area contributed by atoms with Crippen LogP contribution >= 0.6 is 28.1 Å². The van der Waals surface area contributed by atoms with Crippen molar-refractivity contribution >= 4 is 38.9 Å². The van der Waals surface area contributed by atoms with Gasteiger partial charge in [-0.15, -0.1) is 0 Å². The third-order valence-electron chi connectivity index (χ3n) is 4.56. The molecule has 0 radical (unpaired) electrons. The van der Waals surface area contributed by atoms with Gasteiger partial charge in [0.1, 0.15) is 0 Å². The lowest BCUT2D eigenvalue weighted by atomic mass is 9.94. The van der Waals surface area contributed by atoms with Gasteiger partial charge in [-0.1, -0.05) is 70.0 Å². The van der Waals surface area contributed by atoms with Gasteiger partial charge in [0.2, 0.25) is 0 Å². The highest BCUT2D eigenvalue weighted by Gasteiger charge is 2.17. The zero-order valence-electron chi connectivity index (χ0n) is 15.7. The van der Waals surface area contributed by atoms with Crippen LogP contribution in [0.5, 0.6) is 0 Å². The highest BCUT2D eigenvalue weighted by atomic mass is 79.9. The molecule has 2 nitrogen and oxygen atoms in total. The summed E-state index contributed by atoms with van der Waals surface area (Å²) in [5, 5.41) is 7.41. The molecule has 0 unspecified atom stereocenters. The van der Waals surface area contributed by atoms with Crippen molar-refractivity contribution in [2.24, 2.45) is 0 Å². The molecule has 27 heavy (non-hydrogen) atoms. The molecule has 0 aromatic heterocycles. The maximum atomic E-state index is 5.62. The van der Waals surface area contributed by atoms with Crippen LogP contribution in [-0.2, 0) is 0 Å². The summed E-state index contributed by atoms with van der Waals surface area (Å²) in [6.45, 7) is 6.33. The van der Waals surface area contributed by atoms with E-state index in [0.717, 1.165) is 15.7 Å². The maximum Gasteiger partial charge on any atom is 0.171 e. The lowest BCUT2D eigenvalue weighted by molar-refractivity contribution is 0.762. The first-order valence-corrected chi connectivity index (χ1v) is 10.1. The zero-order valence-corrected chi connectivity index (χ0v) is 18.1. The molecule has 2 N–H and O–H groups in total. The van der Waals surface area contributed by atoms with Crippen molar-refractivity contribution in [3.63, 3.8) is 0 Å². The quantitative estimate of drug-likeness (QED) is 0.457. The van der Waals surface area contributed by atoms with E-state index in [2.05, 4.69) is 95.9 Å². The van der Waals surface area contributed by atoms with E-state index in [-0.39, 0.29) is 6.04 Å². The Balaban J connectivity index is 1.87. The van der Waals surface area contributed by atoms with Gasteiger partial charge in [-0.3, -0.25) is 0 Å².